The van der Waals surface area contributed by atoms with Crippen LogP contribution >= 0.6 is 11.6 Å². The molecule has 4 nitrogen and oxygen atoms in total. The highest BCUT2D eigenvalue weighted by atomic mass is 35.5. The molecule has 1 aliphatic rings. The molecule has 1 aromatic carbocycles. The number of halogens is 2. The molecule has 23 heavy (non-hydrogen) atoms. The fraction of sp³-hybridized carbons (Fsp3) is 0.588. The van der Waals surface area contributed by atoms with Gasteiger partial charge in [0, 0.05) is 19.6 Å². The Labute approximate surface area is 141 Å². The average molecular weight is 343 g/mol. The first-order chi connectivity index (χ1) is 10.7. The summed E-state index contributed by atoms with van der Waals surface area (Å²) in [5, 5.41) is 3.61. The predicted octanol–water partition coefficient (Wildman–Crippen LogP) is 4.54. The van der Waals surface area contributed by atoms with Crippen molar-refractivity contribution < 1.29 is 13.9 Å². The molecule has 1 saturated heterocycles. The zero-order valence-corrected chi connectivity index (χ0v) is 14.6. The number of rotatable bonds is 3. The van der Waals surface area contributed by atoms with Gasteiger partial charge in [-0.3, -0.25) is 0 Å². The predicted molar refractivity (Wildman–Crippen MR) is 90.4 cm³/mol. The summed E-state index contributed by atoms with van der Waals surface area (Å²) in [5.41, 5.74) is 0.228. The summed E-state index contributed by atoms with van der Waals surface area (Å²) in [5.74, 6) is -0.0355. The number of piperidine rings is 1. The zero-order chi connectivity index (χ0) is 17.0. The van der Waals surface area contributed by atoms with Crippen molar-refractivity contribution in [2.45, 2.75) is 39.2 Å². The van der Waals surface area contributed by atoms with E-state index in [4.69, 9.17) is 16.3 Å². The molecule has 1 fully saturated rings. The largest absolute Gasteiger partial charge is 0.444 e. The van der Waals surface area contributed by atoms with Crippen LogP contribution in [0.2, 0.25) is 5.02 Å². The Bertz CT molecular complexity index is 560. The molecule has 6 heteroatoms. The Morgan fingerprint density at radius 2 is 2.22 bits per heavy atom. The highest BCUT2D eigenvalue weighted by molar-refractivity contribution is 6.33. The molecular formula is C17H24ClFN2O2. The van der Waals surface area contributed by atoms with E-state index in [1.165, 1.54) is 12.1 Å². The van der Waals surface area contributed by atoms with Crippen molar-refractivity contribution >= 4 is 23.4 Å². The van der Waals surface area contributed by atoms with E-state index >= 15 is 0 Å². The van der Waals surface area contributed by atoms with E-state index < -0.39 is 5.60 Å². The van der Waals surface area contributed by atoms with Crippen molar-refractivity contribution in [1.82, 2.24) is 4.90 Å². The summed E-state index contributed by atoms with van der Waals surface area (Å²) in [4.78, 5) is 13.9. The third-order valence-electron chi connectivity index (χ3n) is 3.68. The summed E-state index contributed by atoms with van der Waals surface area (Å²) in [6.45, 7) is 7.66. The first-order valence-electron chi connectivity index (χ1n) is 7.91. The van der Waals surface area contributed by atoms with Gasteiger partial charge in [-0.25, -0.2) is 9.18 Å². The average Bonchev–Trinajstić information content (AvgIpc) is 2.45. The Balaban J connectivity index is 1.87. The van der Waals surface area contributed by atoms with Crippen LogP contribution < -0.4 is 5.32 Å². The van der Waals surface area contributed by atoms with Crippen LogP contribution in [0.4, 0.5) is 14.9 Å². The molecule has 1 heterocycles. The molecule has 1 aliphatic heterocycles. The lowest BCUT2D eigenvalue weighted by atomic mass is 9.98. The van der Waals surface area contributed by atoms with Crippen LogP contribution in [-0.2, 0) is 4.74 Å². The molecule has 0 aliphatic carbocycles. The van der Waals surface area contributed by atoms with E-state index in [2.05, 4.69) is 5.32 Å². The number of ether oxygens (including phenoxy) is 1. The highest BCUT2D eigenvalue weighted by Crippen LogP contribution is 2.24. The molecule has 1 unspecified atom stereocenters. The number of carbonyl (C=O) groups excluding carboxylic acids is 1. The minimum absolute atomic E-state index is 0.262. The second-order valence-corrected chi connectivity index (χ2v) is 7.35. The molecule has 0 radical (unpaired) electrons. The molecule has 1 atom stereocenters. The van der Waals surface area contributed by atoms with Crippen molar-refractivity contribution in [2.24, 2.45) is 5.92 Å². The molecule has 0 saturated carbocycles. The molecule has 0 spiro atoms. The molecule has 1 N–H and O–H groups in total. The van der Waals surface area contributed by atoms with E-state index in [9.17, 15) is 9.18 Å². The molecule has 128 valence electrons. The molecule has 0 aromatic heterocycles. The maximum Gasteiger partial charge on any atom is 0.410 e. The van der Waals surface area contributed by atoms with Crippen molar-refractivity contribution in [3.8, 4) is 0 Å². The fourth-order valence-electron chi connectivity index (χ4n) is 2.61. The van der Waals surface area contributed by atoms with Crippen LogP contribution in [0.5, 0.6) is 0 Å². The molecule has 2 rings (SSSR count). The number of nitrogens with one attached hydrogen (secondary N) is 1. The van der Waals surface area contributed by atoms with Gasteiger partial charge in [-0.05, 0) is 57.7 Å². The Kier molecular flexibility index (Phi) is 5.74. The smallest absolute Gasteiger partial charge is 0.410 e. The van der Waals surface area contributed by atoms with Crippen molar-refractivity contribution in [3.63, 3.8) is 0 Å². The number of benzene rings is 1. The van der Waals surface area contributed by atoms with Crippen molar-refractivity contribution in [2.75, 3.05) is 25.0 Å². The van der Waals surface area contributed by atoms with E-state index in [0.717, 1.165) is 19.4 Å². The Morgan fingerprint density at radius 3 is 2.87 bits per heavy atom. The summed E-state index contributed by atoms with van der Waals surface area (Å²) in [7, 11) is 0. The highest BCUT2D eigenvalue weighted by Gasteiger charge is 2.27. The summed E-state index contributed by atoms with van der Waals surface area (Å²) in [6, 6.07) is 4.30. The van der Waals surface area contributed by atoms with Gasteiger partial charge in [0.15, 0.2) is 0 Å². The lowest BCUT2D eigenvalue weighted by Crippen LogP contribution is -2.44. The quantitative estimate of drug-likeness (QED) is 0.876. The third kappa shape index (κ3) is 5.57. The van der Waals surface area contributed by atoms with Gasteiger partial charge in [0.2, 0.25) is 0 Å². The lowest BCUT2D eigenvalue weighted by molar-refractivity contribution is 0.0172. The van der Waals surface area contributed by atoms with Gasteiger partial charge in [0.05, 0.1) is 10.7 Å². The summed E-state index contributed by atoms with van der Waals surface area (Å²) in [6.07, 6.45) is 1.72. The maximum atomic E-state index is 13.0. The van der Waals surface area contributed by atoms with Crippen molar-refractivity contribution in [3.05, 3.63) is 29.0 Å². The second-order valence-electron chi connectivity index (χ2n) is 6.94. The van der Waals surface area contributed by atoms with Crippen LogP contribution in [0.15, 0.2) is 18.2 Å². The van der Waals surface area contributed by atoms with E-state index in [-0.39, 0.29) is 11.9 Å². The van der Waals surface area contributed by atoms with Gasteiger partial charge in [-0.15, -0.1) is 0 Å². The number of amides is 1. The number of carbonyl (C=O) groups is 1. The number of anilines is 1. The van der Waals surface area contributed by atoms with Crippen molar-refractivity contribution in [1.29, 1.82) is 0 Å². The minimum atomic E-state index is -0.482. The van der Waals surface area contributed by atoms with Gasteiger partial charge in [0.25, 0.3) is 0 Å². The zero-order valence-electron chi connectivity index (χ0n) is 13.9. The fourth-order valence-corrected chi connectivity index (χ4v) is 2.85. The molecule has 1 amide bonds. The van der Waals surface area contributed by atoms with E-state index in [1.807, 2.05) is 20.8 Å². The Hall–Kier alpha value is -1.49. The van der Waals surface area contributed by atoms with Gasteiger partial charge in [-0.2, -0.15) is 0 Å². The van der Waals surface area contributed by atoms with Crippen LogP contribution in [0, 0.1) is 11.7 Å². The number of hydrogen-bond acceptors (Lipinski definition) is 3. The van der Waals surface area contributed by atoms with Crippen LogP contribution in [0.1, 0.15) is 33.6 Å². The third-order valence-corrected chi connectivity index (χ3v) is 4.00. The van der Waals surface area contributed by atoms with Crippen LogP contribution in [-0.4, -0.2) is 36.2 Å². The minimum Gasteiger partial charge on any atom is -0.444 e. The van der Waals surface area contributed by atoms with Gasteiger partial charge in [0.1, 0.15) is 11.4 Å². The topological polar surface area (TPSA) is 41.6 Å². The monoisotopic (exact) mass is 342 g/mol. The SMILES string of the molecule is CC(C)(C)OC(=O)N1CCCC(CNc2ccc(F)cc2Cl)C1. The first kappa shape index (κ1) is 17.9. The number of likely N-dealkylation sites (tertiary alicyclic amines) is 1. The molecule has 1 aromatic rings. The summed E-state index contributed by atoms with van der Waals surface area (Å²) >= 11 is 6.01. The molecular weight excluding hydrogens is 319 g/mol. The van der Waals surface area contributed by atoms with E-state index in [1.54, 1.807) is 11.0 Å². The van der Waals surface area contributed by atoms with Gasteiger partial charge in [-0.1, -0.05) is 11.6 Å². The first-order valence-corrected chi connectivity index (χ1v) is 8.29. The number of nitrogens with zero attached hydrogens (tertiary/aromatic N) is 1. The van der Waals surface area contributed by atoms with Crippen LogP contribution in [0.3, 0.4) is 0 Å². The maximum absolute atomic E-state index is 13.0. The molecule has 0 bridgehead atoms. The second kappa shape index (κ2) is 7.39. The van der Waals surface area contributed by atoms with Gasteiger partial charge >= 0.3 is 6.09 Å². The van der Waals surface area contributed by atoms with E-state index in [0.29, 0.717) is 29.7 Å². The Morgan fingerprint density at radius 1 is 1.48 bits per heavy atom. The normalized spacial score (nSPS) is 18.7. The van der Waals surface area contributed by atoms with Crippen LogP contribution in [0.25, 0.3) is 0 Å². The standard InChI is InChI=1S/C17H24ClFN2O2/c1-17(2,3)23-16(22)21-8-4-5-12(11-21)10-20-15-7-6-13(19)9-14(15)18/h6-7,9,12,20H,4-5,8,10-11H2,1-3H3. The van der Waals surface area contributed by atoms with Gasteiger partial charge < -0.3 is 15.0 Å². The number of hydrogen-bond donors (Lipinski definition) is 1. The summed E-state index contributed by atoms with van der Waals surface area (Å²) < 4.78 is 18.5. The lowest BCUT2D eigenvalue weighted by Gasteiger charge is -2.34.